The van der Waals surface area contributed by atoms with Crippen molar-refractivity contribution in [2.75, 3.05) is 0 Å². The van der Waals surface area contributed by atoms with Crippen molar-refractivity contribution in [3.05, 3.63) is 51.6 Å². The van der Waals surface area contributed by atoms with Crippen LogP contribution in [0, 0.1) is 22.7 Å². The first-order valence-electron chi connectivity index (χ1n) is 5.68. The molecule has 3 aromatic rings. The second-order valence-corrected chi connectivity index (χ2v) is 4.96. The number of nitriles is 2. The molecule has 0 spiro atoms. The van der Waals surface area contributed by atoms with Crippen LogP contribution < -0.4 is 0 Å². The molecule has 0 bridgehead atoms. The van der Waals surface area contributed by atoms with Crippen molar-refractivity contribution in [3.63, 3.8) is 0 Å². The minimum absolute atomic E-state index is 0.0115. The number of nitrogens with zero attached hydrogens (tertiary/aromatic N) is 3. The number of fused-ring (bicyclic) bond motifs is 3. The number of benzene rings is 2. The summed E-state index contributed by atoms with van der Waals surface area (Å²) < 4.78 is 0. The molecule has 0 aliphatic heterocycles. The van der Waals surface area contributed by atoms with Crippen molar-refractivity contribution >= 4 is 44.9 Å². The predicted octanol–water partition coefficient (Wildman–Crippen LogP) is 4.44. The van der Waals surface area contributed by atoms with Crippen LogP contribution in [0.2, 0.25) is 10.0 Å². The highest BCUT2D eigenvalue weighted by atomic mass is 35.5. The van der Waals surface area contributed by atoms with Crippen molar-refractivity contribution in [3.8, 4) is 12.1 Å². The average Bonchev–Trinajstić information content (AvgIpc) is 2.46. The van der Waals surface area contributed by atoms with Gasteiger partial charge in [-0.15, -0.1) is 0 Å². The van der Waals surface area contributed by atoms with Crippen LogP contribution in [-0.2, 0) is 0 Å². The summed E-state index contributed by atoms with van der Waals surface area (Å²) in [6.07, 6.45) is 0. The SMILES string of the molecule is N#Cc1nc2c(c(Cl)cc3ccccc32)c(Cl)c1C#N. The molecule has 0 unspecified atom stereocenters. The molecule has 0 aliphatic carbocycles. The Labute approximate surface area is 124 Å². The summed E-state index contributed by atoms with van der Waals surface area (Å²) in [5, 5.41) is 21.1. The standard InChI is InChI=1S/C15H5Cl2N3/c16-11-5-8-3-1-2-4-9(8)15-13(11)14(17)10(6-18)12(7-19)20-15/h1-5H. The van der Waals surface area contributed by atoms with Gasteiger partial charge in [0, 0.05) is 10.8 Å². The summed E-state index contributed by atoms with van der Waals surface area (Å²) >= 11 is 12.5. The zero-order valence-electron chi connectivity index (χ0n) is 9.98. The van der Waals surface area contributed by atoms with Gasteiger partial charge in [0.1, 0.15) is 17.7 Å². The van der Waals surface area contributed by atoms with Crippen LogP contribution in [0.3, 0.4) is 0 Å². The zero-order chi connectivity index (χ0) is 14.3. The minimum atomic E-state index is 0.0115. The van der Waals surface area contributed by atoms with E-state index in [1.807, 2.05) is 36.4 Å². The maximum Gasteiger partial charge on any atom is 0.160 e. The van der Waals surface area contributed by atoms with Crippen LogP contribution in [0.25, 0.3) is 21.7 Å². The second kappa shape index (κ2) is 4.65. The van der Waals surface area contributed by atoms with Crippen LogP contribution in [0.1, 0.15) is 11.3 Å². The normalized spacial score (nSPS) is 10.4. The number of halogens is 2. The molecule has 94 valence electrons. The smallest absolute Gasteiger partial charge is 0.160 e. The number of rotatable bonds is 0. The fourth-order valence-electron chi connectivity index (χ4n) is 2.20. The molecule has 0 radical (unpaired) electrons. The lowest BCUT2D eigenvalue weighted by Crippen LogP contribution is -1.94. The molecule has 3 nitrogen and oxygen atoms in total. The highest BCUT2D eigenvalue weighted by molar-refractivity contribution is 6.44. The second-order valence-electron chi connectivity index (χ2n) is 4.18. The van der Waals surface area contributed by atoms with Gasteiger partial charge in [0.25, 0.3) is 0 Å². The Morgan fingerprint density at radius 1 is 1.05 bits per heavy atom. The van der Waals surface area contributed by atoms with Gasteiger partial charge in [0.15, 0.2) is 5.69 Å². The lowest BCUT2D eigenvalue weighted by atomic mass is 10.0. The molecule has 0 atom stereocenters. The molecule has 0 fully saturated rings. The van der Waals surface area contributed by atoms with Crippen LogP contribution in [0.4, 0.5) is 0 Å². The van der Waals surface area contributed by atoms with Crippen LogP contribution in [0.15, 0.2) is 30.3 Å². The highest BCUT2D eigenvalue weighted by Gasteiger charge is 2.17. The molecule has 1 aromatic heterocycles. The van der Waals surface area contributed by atoms with E-state index in [2.05, 4.69) is 4.98 Å². The van der Waals surface area contributed by atoms with Crippen LogP contribution >= 0.6 is 23.2 Å². The van der Waals surface area contributed by atoms with E-state index in [0.29, 0.717) is 15.9 Å². The van der Waals surface area contributed by atoms with Gasteiger partial charge >= 0.3 is 0 Å². The molecule has 0 saturated carbocycles. The molecule has 0 N–H and O–H groups in total. The average molecular weight is 298 g/mol. The first-order valence-corrected chi connectivity index (χ1v) is 6.43. The number of pyridine rings is 1. The van der Waals surface area contributed by atoms with Crippen molar-refractivity contribution < 1.29 is 0 Å². The van der Waals surface area contributed by atoms with Crippen LogP contribution in [-0.4, -0.2) is 4.98 Å². The molecule has 1 heterocycles. The summed E-state index contributed by atoms with van der Waals surface area (Å²) in [4.78, 5) is 4.26. The number of hydrogen-bond acceptors (Lipinski definition) is 3. The maximum atomic E-state index is 9.13. The third kappa shape index (κ3) is 1.69. The van der Waals surface area contributed by atoms with E-state index in [4.69, 9.17) is 33.7 Å². The van der Waals surface area contributed by atoms with E-state index in [-0.39, 0.29) is 16.3 Å². The fraction of sp³-hybridized carbons (Fsp3) is 0. The first-order chi connectivity index (χ1) is 9.67. The van der Waals surface area contributed by atoms with Crippen molar-refractivity contribution in [1.82, 2.24) is 4.98 Å². The molecule has 3 rings (SSSR count). The molecular weight excluding hydrogens is 293 g/mol. The molecule has 0 saturated heterocycles. The van der Waals surface area contributed by atoms with Crippen molar-refractivity contribution in [2.24, 2.45) is 0 Å². The molecule has 0 aliphatic rings. The summed E-state index contributed by atoms with van der Waals surface area (Å²) in [5.41, 5.74) is 0.602. The topological polar surface area (TPSA) is 60.5 Å². The number of aromatic nitrogens is 1. The van der Waals surface area contributed by atoms with E-state index in [1.54, 1.807) is 6.07 Å². The summed E-state index contributed by atoms with van der Waals surface area (Å²) in [7, 11) is 0. The van der Waals surface area contributed by atoms with Gasteiger partial charge in [-0.25, -0.2) is 4.98 Å². The van der Waals surface area contributed by atoms with E-state index < -0.39 is 0 Å². The van der Waals surface area contributed by atoms with Crippen molar-refractivity contribution in [2.45, 2.75) is 0 Å². The van der Waals surface area contributed by atoms with Crippen LogP contribution in [0.5, 0.6) is 0 Å². The Morgan fingerprint density at radius 3 is 2.50 bits per heavy atom. The van der Waals surface area contributed by atoms with Gasteiger partial charge in [0.05, 0.1) is 15.6 Å². The molecule has 5 heteroatoms. The highest BCUT2D eigenvalue weighted by Crippen LogP contribution is 2.37. The van der Waals surface area contributed by atoms with Gasteiger partial charge in [-0.05, 0) is 11.5 Å². The Hall–Kier alpha value is -2.33. The van der Waals surface area contributed by atoms with E-state index in [9.17, 15) is 0 Å². The van der Waals surface area contributed by atoms with Gasteiger partial charge in [-0.1, -0.05) is 47.5 Å². The Balaban J connectivity index is 2.66. The van der Waals surface area contributed by atoms with E-state index in [0.717, 1.165) is 10.8 Å². The fourth-order valence-corrected chi connectivity index (χ4v) is 2.87. The maximum absolute atomic E-state index is 9.13. The monoisotopic (exact) mass is 297 g/mol. The van der Waals surface area contributed by atoms with Crippen molar-refractivity contribution in [1.29, 1.82) is 10.5 Å². The van der Waals surface area contributed by atoms with Gasteiger partial charge < -0.3 is 0 Å². The Bertz CT molecular complexity index is 949. The third-order valence-electron chi connectivity index (χ3n) is 3.09. The van der Waals surface area contributed by atoms with E-state index in [1.165, 1.54) is 0 Å². The Morgan fingerprint density at radius 2 is 1.80 bits per heavy atom. The zero-order valence-corrected chi connectivity index (χ0v) is 11.5. The first kappa shape index (κ1) is 12.7. The summed E-state index contributed by atoms with van der Waals surface area (Å²) in [6, 6.07) is 13.1. The predicted molar refractivity (Wildman–Crippen MR) is 78.7 cm³/mol. The summed E-state index contributed by atoms with van der Waals surface area (Å²) in [5.74, 6) is 0. The van der Waals surface area contributed by atoms with Gasteiger partial charge in [0.2, 0.25) is 0 Å². The summed E-state index contributed by atoms with van der Waals surface area (Å²) in [6.45, 7) is 0. The number of hydrogen-bond donors (Lipinski definition) is 0. The third-order valence-corrected chi connectivity index (χ3v) is 3.77. The van der Waals surface area contributed by atoms with Gasteiger partial charge in [-0.2, -0.15) is 10.5 Å². The van der Waals surface area contributed by atoms with E-state index >= 15 is 0 Å². The van der Waals surface area contributed by atoms with Gasteiger partial charge in [-0.3, -0.25) is 0 Å². The molecule has 0 amide bonds. The Kier molecular flexibility index (Phi) is 2.95. The molecular formula is C15H5Cl2N3. The molecule has 20 heavy (non-hydrogen) atoms. The molecule has 2 aromatic carbocycles. The lowest BCUT2D eigenvalue weighted by Gasteiger charge is -2.09. The quantitative estimate of drug-likeness (QED) is 0.576. The largest absolute Gasteiger partial charge is 0.235 e. The lowest BCUT2D eigenvalue weighted by molar-refractivity contribution is 1.30. The minimum Gasteiger partial charge on any atom is -0.235 e.